The highest BCUT2D eigenvalue weighted by Gasteiger charge is 2.14. The molecule has 6 heteroatoms. The number of hydrogen-bond donors (Lipinski definition) is 0. The lowest BCUT2D eigenvalue weighted by molar-refractivity contribution is 0.0521. The van der Waals surface area contributed by atoms with Crippen molar-refractivity contribution >= 4 is 17.6 Å². The van der Waals surface area contributed by atoms with Crippen molar-refractivity contribution in [3.8, 4) is 11.3 Å². The van der Waals surface area contributed by atoms with Gasteiger partial charge in [-0.3, -0.25) is 0 Å². The van der Waals surface area contributed by atoms with Crippen LogP contribution in [0, 0.1) is 5.82 Å². The van der Waals surface area contributed by atoms with Crippen molar-refractivity contribution in [2.24, 2.45) is 0 Å². The zero-order chi connectivity index (χ0) is 13.8. The van der Waals surface area contributed by atoms with Crippen LogP contribution in [-0.2, 0) is 4.74 Å². The molecule has 0 amide bonds. The van der Waals surface area contributed by atoms with E-state index < -0.39 is 11.8 Å². The number of nitrogens with zero attached hydrogens (tertiary/aromatic N) is 2. The predicted molar refractivity (Wildman–Crippen MR) is 68.4 cm³/mol. The maximum atomic E-state index is 13.6. The third-order valence-corrected chi connectivity index (χ3v) is 2.60. The molecule has 0 saturated carbocycles. The molecule has 0 spiro atoms. The maximum Gasteiger partial charge on any atom is 0.341 e. The fourth-order valence-electron chi connectivity index (χ4n) is 1.54. The molecule has 0 bridgehead atoms. The molecule has 1 aromatic heterocycles. The Morgan fingerprint density at radius 3 is 2.84 bits per heavy atom. The van der Waals surface area contributed by atoms with Crippen LogP contribution < -0.4 is 0 Å². The van der Waals surface area contributed by atoms with Gasteiger partial charge in [0.05, 0.1) is 17.9 Å². The number of hydrogen-bond acceptors (Lipinski definition) is 4. The van der Waals surface area contributed by atoms with E-state index in [1.54, 1.807) is 6.92 Å². The highest BCUT2D eigenvalue weighted by atomic mass is 35.5. The Kier molecular flexibility index (Phi) is 4.06. The molecule has 1 aromatic carbocycles. The van der Waals surface area contributed by atoms with Gasteiger partial charge in [-0.05, 0) is 25.1 Å². The molecule has 0 N–H and O–H groups in total. The van der Waals surface area contributed by atoms with E-state index in [4.69, 9.17) is 16.3 Å². The molecule has 2 rings (SSSR count). The van der Waals surface area contributed by atoms with Crippen molar-refractivity contribution in [1.82, 2.24) is 9.97 Å². The Balaban J connectivity index is 2.44. The molecule has 2 aromatic rings. The smallest absolute Gasteiger partial charge is 0.341 e. The van der Waals surface area contributed by atoms with Crippen molar-refractivity contribution in [3.05, 3.63) is 47.1 Å². The molecule has 4 nitrogen and oxygen atoms in total. The standard InChI is InChI=1S/C13H10ClFN2O2/c1-2-19-13(18)9-5-8(3-4-10(9)15)11-6-12(14)17-7-16-11/h3-7H,2H2,1H3. The second-order valence-corrected chi connectivity index (χ2v) is 4.03. The molecular formula is C13H10ClFN2O2. The average Bonchev–Trinajstić information content (AvgIpc) is 2.39. The number of rotatable bonds is 3. The monoisotopic (exact) mass is 280 g/mol. The summed E-state index contributed by atoms with van der Waals surface area (Å²) in [5, 5.41) is 0.270. The largest absolute Gasteiger partial charge is 0.462 e. The molecule has 0 saturated heterocycles. The van der Waals surface area contributed by atoms with Crippen molar-refractivity contribution in [3.63, 3.8) is 0 Å². The molecule has 0 atom stereocenters. The van der Waals surface area contributed by atoms with Gasteiger partial charge >= 0.3 is 5.97 Å². The van der Waals surface area contributed by atoms with Gasteiger partial charge in [0.25, 0.3) is 0 Å². The Bertz CT molecular complexity index is 619. The van der Waals surface area contributed by atoms with Crippen LogP contribution in [0.5, 0.6) is 0 Å². The normalized spacial score (nSPS) is 10.3. The summed E-state index contributed by atoms with van der Waals surface area (Å²) in [6.45, 7) is 1.84. The van der Waals surface area contributed by atoms with Crippen LogP contribution in [-0.4, -0.2) is 22.5 Å². The summed E-state index contributed by atoms with van der Waals surface area (Å²) in [6, 6.07) is 5.62. The highest BCUT2D eigenvalue weighted by molar-refractivity contribution is 6.29. The van der Waals surface area contributed by atoms with Crippen molar-refractivity contribution in [1.29, 1.82) is 0 Å². The molecule has 0 fully saturated rings. The second kappa shape index (κ2) is 5.75. The van der Waals surface area contributed by atoms with E-state index in [2.05, 4.69) is 9.97 Å². The molecule has 0 aliphatic carbocycles. The Morgan fingerprint density at radius 2 is 2.16 bits per heavy atom. The van der Waals surface area contributed by atoms with Crippen molar-refractivity contribution in [2.75, 3.05) is 6.61 Å². The van der Waals surface area contributed by atoms with Crippen LogP contribution >= 0.6 is 11.6 Å². The van der Waals surface area contributed by atoms with Crippen molar-refractivity contribution < 1.29 is 13.9 Å². The van der Waals surface area contributed by atoms with E-state index in [1.807, 2.05) is 0 Å². The van der Waals surface area contributed by atoms with Crippen LogP contribution in [0.2, 0.25) is 5.15 Å². The van der Waals surface area contributed by atoms with Gasteiger partial charge in [-0.1, -0.05) is 11.6 Å². The zero-order valence-corrected chi connectivity index (χ0v) is 10.8. The molecule has 19 heavy (non-hydrogen) atoms. The highest BCUT2D eigenvalue weighted by Crippen LogP contribution is 2.22. The lowest BCUT2D eigenvalue weighted by atomic mass is 10.1. The van der Waals surface area contributed by atoms with Crippen LogP contribution in [0.15, 0.2) is 30.6 Å². The summed E-state index contributed by atoms with van der Waals surface area (Å²) in [5.74, 6) is -1.34. The lowest BCUT2D eigenvalue weighted by Gasteiger charge is -2.06. The van der Waals surface area contributed by atoms with Gasteiger partial charge in [0.2, 0.25) is 0 Å². The summed E-state index contributed by atoms with van der Waals surface area (Å²) in [4.78, 5) is 19.4. The van der Waals surface area contributed by atoms with Gasteiger partial charge < -0.3 is 4.74 Å². The number of ether oxygens (including phenoxy) is 1. The molecular weight excluding hydrogens is 271 g/mol. The summed E-state index contributed by atoms with van der Waals surface area (Å²) < 4.78 is 18.4. The van der Waals surface area contributed by atoms with E-state index in [1.165, 1.54) is 30.6 Å². The van der Waals surface area contributed by atoms with E-state index in [0.717, 1.165) is 0 Å². The van der Waals surface area contributed by atoms with Crippen LogP contribution in [0.4, 0.5) is 4.39 Å². The summed E-state index contributed by atoms with van der Waals surface area (Å²) >= 11 is 5.76. The van der Waals surface area contributed by atoms with Crippen molar-refractivity contribution in [2.45, 2.75) is 6.92 Å². The number of halogens is 2. The van der Waals surface area contributed by atoms with E-state index >= 15 is 0 Å². The third kappa shape index (κ3) is 3.06. The Morgan fingerprint density at radius 1 is 1.37 bits per heavy atom. The number of esters is 1. The number of carbonyl (C=O) groups is 1. The first-order valence-electron chi connectivity index (χ1n) is 5.56. The summed E-state index contributed by atoms with van der Waals surface area (Å²) in [5.41, 5.74) is 0.938. The molecule has 0 unspecified atom stereocenters. The number of carbonyl (C=O) groups excluding carboxylic acids is 1. The first-order chi connectivity index (χ1) is 9.11. The quantitative estimate of drug-likeness (QED) is 0.640. The van der Waals surface area contributed by atoms with Gasteiger partial charge in [0.1, 0.15) is 17.3 Å². The van der Waals surface area contributed by atoms with Crippen LogP contribution in [0.25, 0.3) is 11.3 Å². The fraction of sp³-hybridized carbons (Fsp3) is 0.154. The zero-order valence-electron chi connectivity index (χ0n) is 10.1. The van der Waals surface area contributed by atoms with Gasteiger partial charge in [0, 0.05) is 11.6 Å². The van der Waals surface area contributed by atoms with E-state index in [-0.39, 0.29) is 17.3 Å². The van der Waals surface area contributed by atoms with Gasteiger partial charge in [-0.2, -0.15) is 0 Å². The van der Waals surface area contributed by atoms with Crippen LogP contribution in [0.3, 0.4) is 0 Å². The molecule has 1 heterocycles. The van der Waals surface area contributed by atoms with Crippen LogP contribution in [0.1, 0.15) is 17.3 Å². The van der Waals surface area contributed by atoms with E-state index in [0.29, 0.717) is 11.3 Å². The topological polar surface area (TPSA) is 52.1 Å². The Hall–Kier alpha value is -2.01. The number of aromatic nitrogens is 2. The van der Waals surface area contributed by atoms with Gasteiger partial charge in [0.15, 0.2) is 0 Å². The molecule has 98 valence electrons. The molecule has 0 aliphatic heterocycles. The number of benzene rings is 1. The summed E-state index contributed by atoms with van der Waals surface area (Å²) in [6.07, 6.45) is 1.30. The van der Waals surface area contributed by atoms with Gasteiger partial charge in [-0.15, -0.1) is 0 Å². The first-order valence-corrected chi connectivity index (χ1v) is 5.94. The minimum Gasteiger partial charge on any atom is -0.462 e. The first kappa shape index (κ1) is 13.4. The summed E-state index contributed by atoms with van der Waals surface area (Å²) in [7, 11) is 0. The minimum atomic E-state index is -0.706. The SMILES string of the molecule is CCOC(=O)c1cc(-c2cc(Cl)ncn2)ccc1F. The third-order valence-electron chi connectivity index (χ3n) is 2.39. The maximum absolute atomic E-state index is 13.6. The minimum absolute atomic E-state index is 0.130. The lowest BCUT2D eigenvalue weighted by Crippen LogP contribution is -2.07. The molecule has 0 aliphatic rings. The fourth-order valence-corrected chi connectivity index (χ4v) is 1.69. The Labute approximate surface area is 114 Å². The van der Waals surface area contributed by atoms with E-state index in [9.17, 15) is 9.18 Å². The predicted octanol–water partition coefficient (Wildman–Crippen LogP) is 3.11. The second-order valence-electron chi connectivity index (χ2n) is 3.64. The molecule has 0 radical (unpaired) electrons. The average molecular weight is 281 g/mol. The van der Waals surface area contributed by atoms with Gasteiger partial charge in [-0.25, -0.2) is 19.2 Å².